The number of urea groups is 1. The van der Waals surface area contributed by atoms with E-state index in [4.69, 9.17) is 16.0 Å². The number of nitrogens with one attached hydrogen (secondary N) is 2. The Kier molecular flexibility index (Phi) is 6.21. The first-order valence-electron chi connectivity index (χ1n) is 8.19. The van der Waals surface area contributed by atoms with Crippen LogP contribution in [-0.4, -0.2) is 12.2 Å². The van der Waals surface area contributed by atoms with Crippen molar-refractivity contribution in [2.75, 3.05) is 5.32 Å². The lowest BCUT2D eigenvalue weighted by Crippen LogP contribution is -2.24. The number of nitrogens with zero attached hydrogens (tertiary/aromatic N) is 1. The summed E-state index contributed by atoms with van der Waals surface area (Å²) in [6.07, 6.45) is 1.45. The number of aryl methyl sites for hydroxylation is 2. The Bertz CT molecular complexity index is 947. The van der Waals surface area contributed by atoms with Crippen LogP contribution in [0.3, 0.4) is 0 Å². The van der Waals surface area contributed by atoms with Gasteiger partial charge in [0.1, 0.15) is 5.76 Å². The summed E-state index contributed by atoms with van der Waals surface area (Å²) in [4.78, 5) is 12.9. The van der Waals surface area contributed by atoms with Crippen LogP contribution in [0.15, 0.2) is 74.1 Å². The molecule has 1 heterocycles. The van der Waals surface area contributed by atoms with Crippen LogP contribution in [0.4, 0.5) is 10.5 Å². The van der Waals surface area contributed by atoms with Gasteiger partial charge in [-0.15, -0.1) is 0 Å². The second-order valence-electron chi connectivity index (χ2n) is 5.91. The normalized spacial score (nSPS) is 10.9. The van der Waals surface area contributed by atoms with Crippen molar-refractivity contribution in [2.24, 2.45) is 5.10 Å². The van der Waals surface area contributed by atoms with E-state index in [1.54, 1.807) is 6.07 Å². The number of anilines is 1. The summed E-state index contributed by atoms with van der Waals surface area (Å²) in [5.41, 5.74) is 5.30. The minimum Gasteiger partial charge on any atom is -0.448 e. The molecule has 0 fully saturated rings. The number of rotatable bonds is 5. The first-order chi connectivity index (χ1) is 13.0. The average molecular weight is 400 g/mol. The summed E-state index contributed by atoms with van der Waals surface area (Å²) in [5.74, 6) is 0.540. The maximum absolute atomic E-state index is 11.9. The number of hydrogen-bond donors (Lipinski definition) is 2. The van der Waals surface area contributed by atoms with Gasteiger partial charge < -0.3 is 9.73 Å². The third-order valence-corrected chi connectivity index (χ3v) is 4.65. The maximum atomic E-state index is 11.9. The van der Waals surface area contributed by atoms with E-state index in [1.807, 2.05) is 62.4 Å². The molecule has 0 aliphatic rings. The van der Waals surface area contributed by atoms with Crippen LogP contribution in [0, 0.1) is 13.8 Å². The van der Waals surface area contributed by atoms with E-state index >= 15 is 0 Å². The van der Waals surface area contributed by atoms with E-state index in [0.29, 0.717) is 10.8 Å². The highest BCUT2D eigenvalue weighted by Crippen LogP contribution is 2.29. The number of carbonyl (C=O) groups excluding carboxylic acids is 1. The van der Waals surface area contributed by atoms with Gasteiger partial charge in [0.15, 0.2) is 5.09 Å². The minimum absolute atomic E-state index is 0.418. The van der Waals surface area contributed by atoms with Crippen molar-refractivity contribution in [3.05, 3.63) is 76.5 Å². The zero-order valence-electron chi connectivity index (χ0n) is 14.8. The Balaban J connectivity index is 1.53. The summed E-state index contributed by atoms with van der Waals surface area (Å²) >= 11 is 7.35. The van der Waals surface area contributed by atoms with Gasteiger partial charge in [-0.25, -0.2) is 10.2 Å². The molecule has 0 aliphatic heterocycles. The quantitative estimate of drug-likeness (QED) is 0.417. The van der Waals surface area contributed by atoms with Crippen molar-refractivity contribution in [3.8, 4) is 0 Å². The van der Waals surface area contributed by atoms with Gasteiger partial charge in [-0.1, -0.05) is 29.4 Å². The monoisotopic (exact) mass is 399 g/mol. The first-order valence-corrected chi connectivity index (χ1v) is 9.39. The van der Waals surface area contributed by atoms with Crippen LogP contribution in [0.25, 0.3) is 0 Å². The lowest BCUT2D eigenvalue weighted by molar-refractivity contribution is 0.252. The summed E-state index contributed by atoms with van der Waals surface area (Å²) in [7, 11) is 0. The van der Waals surface area contributed by atoms with Crippen molar-refractivity contribution in [1.82, 2.24) is 5.43 Å². The predicted molar refractivity (Wildman–Crippen MR) is 110 cm³/mol. The molecule has 0 saturated carbocycles. The molecule has 0 bridgehead atoms. The predicted octanol–water partition coefficient (Wildman–Crippen LogP) is 5.86. The molecule has 138 valence electrons. The summed E-state index contributed by atoms with van der Waals surface area (Å²) < 4.78 is 5.66. The minimum atomic E-state index is -0.418. The largest absolute Gasteiger partial charge is 0.448 e. The van der Waals surface area contributed by atoms with Crippen molar-refractivity contribution in [3.63, 3.8) is 0 Å². The van der Waals surface area contributed by atoms with Gasteiger partial charge in [0.25, 0.3) is 0 Å². The Morgan fingerprint density at radius 3 is 2.48 bits per heavy atom. The molecule has 1 aromatic heterocycles. The van der Waals surface area contributed by atoms with Gasteiger partial charge in [-0.05, 0) is 73.5 Å². The topological polar surface area (TPSA) is 66.6 Å². The molecule has 0 radical (unpaired) electrons. The number of benzene rings is 2. The number of hydrogen-bond acceptors (Lipinski definition) is 4. The van der Waals surface area contributed by atoms with Crippen LogP contribution < -0.4 is 10.7 Å². The fourth-order valence-electron chi connectivity index (χ4n) is 2.44. The van der Waals surface area contributed by atoms with Crippen molar-refractivity contribution in [1.29, 1.82) is 0 Å². The highest BCUT2D eigenvalue weighted by Gasteiger charge is 2.04. The van der Waals surface area contributed by atoms with E-state index in [0.717, 1.165) is 26.8 Å². The van der Waals surface area contributed by atoms with E-state index in [1.165, 1.54) is 18.0 Å². The fraction of sp³-hybridized carbons (Fsp3) is 0.100. The molecule has 2 aromatic carbocycles. The molecule has 2 amide bonds. The molecule has 3 aromatic rings. The van der Waals surface area contributed by atoms with Gasteiger partial charge in [-0.2, -0.15) is 5.10 Å². The average Bonchev–Trinajstić information content (AvgIpc) is 3.03. The highest BCUT2D eigenvalue weighted by molar-refractivity contribution is 7.99. The molecule has 2 N–H and O–H groups in total. The second-order valence-corrected chi connectivity index (χ2v) is 7.43. The Morgan fingerprint density at radius 2 is 1.78 bits per heavy atom. The Labute approximate surface area is 166 Å². The molecule has 0 saturated heterocycles. The summed E-state index contributed by atoms with van der Waals surface area (Å²) in [6, 6.07) is 16.5. The van der Waals surface area contributed by atoms with Crippen LogP contribution in [0.1, 0.15) is 16.9 Å². The third kappa shape index (κ3) is 5.91. The van der Waals surface area contributed by atoms with Crippen molar-refractivity contribution >= 4 is 41.3 Å². The lowest BCUT2D eigenvalue weighted by atomic mass is 10.1. The van der Waals surface area contributed by atoms with E-state index in [2.05, 4.69) is 15.8 Å². The molecule has 0 spiro atoms. The third-order valence-electron chi connectivity index (χ3n) is 3.47. The van der Waals surface area contributed by atoms with Crippen LogP contribution in [-0.2, 0) is 0 Å². The van der Waals surface area contributed by atoms with Gasteiger partial charge in [0.05, 0.1) is 6.21 Å². The number of hydrazone groups is 1. The summed E-state index contributed by atoms with van der Waals surface area (Å²) in [5, 5.41) is 8.06. The zero-order valence-corrected chi connectivity index (χ0v) is 16.4. The fourth-order valence-corrected chi connectivity index (χ4v) is 3.34. The Hall–Kier alpha value is -2.70. The van der Waals surface area contributed by atoms with Gasteiger partial charge in [-0.3, -0.25) is 0 Å². The molecule has 0 aliphatic carbocycles. The van der Waals surface area contributed by atoms with Crippen molar-refractivity contribution < 1.29 is 9.21 Å². The van der Waals surface area contributed by atoms with Crippen LogP contribution in [0.2, 0.25) is 5.02 Å². The molecular formula is C20H18ClN3O2S. The number of furan rings is 1. The highest BCUT2D eigenvalue weighted by atomic mass is 35.5. The molecule has 27 heavy (non-hydrogen) atoms. The zero-order chi connectivity index (χ0) is 19.2. The lowest BCUT2D eigenvalue weighted by Gasteiger charge is -2.06. The van der Waals surface area contributed by atoms with Gasteiger partial charge >= 0.3 is 6.03 Å². The molecule has 0 unspecified atom stereocenters. The standard InChI is InChI=1S/C20H18ClN3O2S/c1-13-9-14(2)11-16(10-13)23-20(25)24-22-12-17-5-8-19(26-17)27-18-6-3-15(21)4-7-18/h3-12H,1-2H3,(H2,23,24,25)/b22-12+. The van der Waals surface area contributed by atoms with Crippen LogP contribution >= 0.6 is 23.4 Å². The van der Waals surface area contributed by atoms with Gasteiger partial charge in [0, 0.05) is 15.6 Å². The Morgan fingerprint density at radius 1 is 1.07 bits per heavy atom. The number of carbonyl (C=O) groups is 1. The number of halogens is 1. The van der Waals surface area contributed by atoms with E-state index < -0.39 is 6.03 Å². The van der Waals surface area contributed by atoms with Crippen LogP contribution in [0.5, 0.6) is 0 Å². The number of amides is 2. The smallest absolute Gasteiger partial charge is 0.339 e. The second kappa shape index (κ2) is 8.79. The van der Waals surface area contributed by atoms with Gasteiger partial charge in [0.2, 0.25) is 0 Å². The molecule has 7 heteroatoms. The van der Waals surface area contributed by atoms with Crippen molar-refractivity contribution in [2.45, 2.75) is 23.8 Å². The maximum Gasteiger partial charge on any atom is 0.339 e. The molecular weight excluding hydrogens is 382 g/mol. The van der Waals surface area contributed by atoms with E-state index in [9.17, 15) is 4.79 Å². The summed E-state index contributed by atoms with van der Waals surface area (Å²) in [6.45, 7) is 3.95. The first kappa shape index (κ1) is 19.1. The SMILES string of the molecule is Cc1cc(C)cc(NC(=O)N/N=C/c2ccc(Sc3ccc(Cl)cc3)o2)c1. The molecule has 3 rings (SSSR count). The van der Waals surface area contributed by atoms with E-state index in [-0.39, 0.29) is 0 Å². The molecule has 5 nitrogen and oxygen atoms in total. The molecule has 0 atom stereocenters.